The Hall–Kier alpha value is -2.12. The molecule has 2 rings (SSSR count). The van der Waals surface area contributed by atoms with Crippen LogP contribution in [0, 0.1) is 5.82 Å². The standard InChI is InChI=1S/C23H31F4NO3/c1-2-3-4-5-6-7-8-9-15-31-22(30)20-11-10-14-28(20)21(29)17-12-13-18(19(24)16-17)23(25,26)27/h12-13,16,20H,2-11,14-15H2,1H3. The fourth-order valence-corrected chi connectivity index (χ4v) is 3.80. The maximum atomic E-state index is 13.8. The molecule has 1 atom stereocenters. The predicted molar refractivity (Wildman–Crippen MR) is 109 cm³/mol. The van der Waals surface area contributed by atoms with Crippen LogP contribution in [0.1, 0.15) is 87.1 Å². The fraction of sp³-hybridized carbons (Fsp3) is 0.652. The lowest BCUT2D eigenvalue weighted by atomic mass is 10.1. The average Bonchev–Trinajstić information content (AvgIpc) is 3.20. The number of likely N-dealkylation sites (tertiary alicyclic amines) is 1. The summed E-state index contributed by atoms with van der Waals surface area (Å²) in [6.45, 7) is 2.73. The first kappa shape index (κ1) is 25.1. The van der Waals surface area contributed by atoms with Gasteiger partial charge in [-0.15, -0.1) is 0 Å². The molecule has 1 fully saturated rings. The van der Waals surface area contributed by atoms with Crippen molar-refractivity contribution < 1.29 is 31.9 Å². The van der Waals surface area contributed by atoms with E-state index in [1.165, 1.54) is 37.0 Å². The second-order valence-corrected chi connectivity index (χ2v) is 7.99. The highest BCUT2D eigenvalue weighted by atomic mass is 19.4. The van der Waals surface area contributed by atoms with Crippen LogP contribution in [0.15, 0.2) is 18.2 Å². The summed E-state index contributed by atoms with van der Waals surface area (Å²) in [5.41, 5.74) is -1.64. The Morgan fingerprint density at radius 1 is 1.06 bits per heavy atom. The zero-order chi connectivity index (χ0) is 22.9. The number of hydrogen-bond acceptors (Lipinski definition) is 3. The topological polar surface area (TPSA) is 46.6 Å². The molecule has 1 saturated heterocycles. The smallest absolute Gasteiger partial charge is 0.419 e. The van der Waals surface area contributed by atoms with Crippen LogP contribution >= 0.6 is 0 Å². The number of halogens is 4. The monoisotopic (exact) mass is 445 g/mol. The van der Waals surface area contributed by atoms with Gasteiger partial charge >= 0.3 is 12.1 Å². The van der Waals surface area contributed by atoms with Gasteiger partial charge < -0.3 is 9.64 Å². The molecule has 31 heavy (non-hydrogen) atoms. The Labute approximate surface area is 180 Å². The third-order valence-corrected chi connectivity index (χ3v) is 5.55. The van der Waals surface area contributed by atoms with Crippen LogP contribution in [0.5, 0.6) is 0 Å². The minimum absolute atomic E-state index is 0.215. The molecule has 1 aliphatic heterocycles. The van der Waals surface area contributed by atoms with Crippen molar-refractivity contribution in [3.63, 3.8) is 0 Å². The molecule has 0 aliphatic carbocycles. The van der Waals surface area contributed by atoms with Gasteiger partial charge in [-0.1, -0.05) is 51.9 Å². The van der Waals surface area contributed by atoms with Gasteiger partial charge in [-0.3, -0.25) is 4.79 Å². The van der Waals surface area contributed by atoms with Gasteiger partial charge in [0, 0.05) is 12.1 Å². The first-order valence-electron chi connectivity index (χ1n) is 11.1. The van der Waals surface area contributed by atoms with Crippen molar-refractivity contribution in [1.29, 1.82) is 0 Å². The second-order valence-electron chi connectivity index (χ2n) is 7.99. The number of ether oxygens (including phenoxy) is 1. The molecular weight excluding hydrogens is 414 g/mol. The normalized spacial score (nSPS) is 16.5. The highest BCUT2D eigenvalue weighted by Gasteiger charge is 2.37. The molecule has 0 bridgehead atoms. The Morgan fingerprint density at radius 2 is 1.71 bits per heavy atom. The lowest BCUT2D eigenvalue weighted by Crippen LogP contribution is -2.41. The van der Waals surface area contributed by atoms with Crippen LogP contribution in [0.3, 0.4) is 0 Å². The Kier molecular flexibility index (Phi) is 9.78. The number of benzene rings is 1. The number of alkyl halides is 3. The molecule has 0 aromatic heterocycles. The summed E-state index contributed by atoms with van der Waals surface area (Å²) in [6, 6.07) is 1.28. The summed E-state index contributed by atoms with van der Waals surface area (Å²) in [4.78, 5) is 26.3. The van der Waals surface area contributed by atoms with E-state index in [4.69, 9.17) is 4.74 Å². The zero-order valence-corrected chi connectivity index (χ0v) is 18.0. The van der Waals surface area contributed by atoms with E-state index in [1.807, 2.05) is 0 Å². The van der Waals surface area contributed by atoms with Crippen LogP contribution in [0.4, 0.5) is 17.6 Å². The van der Waals surface area contributed by atoms with Gasteiger partial charge in [0.1, 0.15) is 11.9 Å². The minimum Gasteiger partial charge on any atom is -0.464 e. The number of carbonyl (C=O) groups excluding carboxylic acids is 2. The number of hydrogen-bond donors (Lipinski definition) is 0. The molecule has 0 saturated carbocycles. The molecule has 4 nitrogen and oxygen atoms in total. The first-order valence-corrected chi connectivity index (χ1v) is 11.1. The Bertz CT molecular complexity index is 736. The van der Waals surface area contributed by atoms with Crippen LogP contribution in [0.25, 0.3) is 0 Å². The molecular formula is C23H31F4NO3. The van der Waals surface area contributed by atoms with Crippen LogP contribution < -0.4 is 0 Å². The molecule has 1 aliphatic rings. The molecule has 0 spiro atoms. The number of rotatable bonds is 11. The van der Waals surface area contributed by atoms with Crippen molar-refractivity contribution in [2.24, 2.45) is 0 Å². The maximum Gasteiger partial charge on any atom is 0.419 e. The average molecular weight is 445 g/mol. The minimum atomic E-state index is -4.83. The highest BCUT2D eigenvalue weighted by Crippen LogP contribution is 2.32. The largest absolute Gasteiger partial charge is 0.464 e. The van der Waals surface area contributed by atoms with Crippen LogP contribution in [-0.4, -0.2) is 36.0 Å². The van der Waals surface area contributed by atoms with Crippen LogP contribution in [0.2, 0.25) is 0 Å². The van der Waals surface area contributed by atoms with E-state index in [-0.39, 0.29) is 18.7 Å². The molecule has 0 N–H and O–H groups in total. The van der Waals surface area contributed by atoms with Crippen LogP contribution in [-0.2, 0) is 15.7 Å². The predicted octanol–water partition coefficient (Wildman–Crippen LogP) is 6.13. The molecule has 1 aromatic rings. The molecule has 1 amide bonds. The van der Waals surface area contributed by atoms with Gasteiger partial charge in [-0.25, -0.2) is 9.18 Å². The van der Waals surface area contributed by atoms with Crippen molar-refractivity contribution >= 4 is 11.9 Å². The zero-order valence-electron chi connectivity index (χ0n) is 18.0. The number of unbranched alkanes of at least 4 members (excludes halogenated alkanes) is 7. The summed E-state index contributed by atoms with van der Waals surface area (Å²) < 4.78 is 57.3. The van der Waals surface area contributed by atoms with E-state index in [0.717, 1.165) is 25.3 Å². The Balaban J connectivity index is 1.82. The number of nitrogens with zero attached hydrogens (tertiary/aromatic N) is 1. The quantitative estimate of drug-likeness (QED) is 0.234. The van der Waals surface area contributed by atoms with Crippen molar-refractivity contribution in [2.45, 2.75) is 83.4 Å². The van der Waals surface area contributed by atoms with Gasteiger partial charge in [-0.2, -0.15) is 13.2 Å². The lowest BCUT2D eigenvalue weighted by Gasteiger charge is -2.23. The summed E-state index contributed by atoms with van der Waals surface area (Å²) >= 11 is 0. The Morgan fingerprint density at radius 3 is 2.32 bits per heavy atom. The van der Waals surface area contributed by atoms with E-state index in [1.54, 1.807) is 0 Å². The van der Waals surface area contributed by atoms with Gasteiger partial charge in [0.25, 0.3) is 5.91 Å². The molecule has 174 valence electrons. The number of amides is 1. The summed E-state index contributed by atoms with van der Waals surface area (Å²) in [5, 5.41) is 0. The van der Waals surface area contributed by atoms with Gasteiger partial charge in [0.15, 0.2) is 0 Å². The van der Waals surface area contributed by atoms with Gasteiger partial charge in [0.2, 0.25) is 0 Å². The van der Waals surface area contributed by atoms with Gasteiger partial charge in [0.05, 0.1) is 12.2 Å². The molecule has 1 unspecified atom stereocenters. The summed E-state index contributed by atoms with van der Waals surface area (Å²) in [7, 11) is 0. The first-order chi connectivity index (χ1) is 14.8. The molecule has 0 radical (unpaired) electrons. The van der Waals surface area contributed by atoms with Crippen molar-refractivity contribution in [1.82, 2.24) is 4.90 Å². The SMILES string of the molecule is CCCCCCCCCCOC(=O)C1CCCN1C(=O)c1ccc(C(F)(F)F)c(F)c1. The molecule has 1 heterocycles. The van der Waals surface area contributed by atoms with Crippen molar-refractivity contribution in [3.8, 4) is 0 Å². The van der Waals surface area contributed by atoms with E-state index in [2.05, 4.69) is 6.92 Å². The summed E-state index contributed by atoms with van der Waals surface area (Å²) in [6.07, 6.45) is 5.09. The second kappa shape index (κ2) is 12.1. The third-order valence-electron chi connectivity index (χ3n) is 5.55. The van der Waals surface area contributed by atoms with E-state index >= 15 is 0 Å². The third kappa shape index (κ3) is 7.51. The maximum absolute atomic E-state index is 13.8. The van der Waals surface area contributed by atoms with Gasteiger partial charge in [-0.05, 0) is 37.5 Å². The number of carbonyl (C=O) groups is 2. The number of esters is 1. The lowest BCUT2D eigenvalue weighted by molar-refractivity contribution is -0.148. The summed E-state index contributed by atoms with van der Waals surface area (Å²) in [5.74, 6) is -2.69. The van der Waals surface area contributed by atoms with E-state index in [9.17, 15) is 27.2 Å². The highest BCUT2D eigenvalue weighted by molar-refractivity contribution is 5.97. The van der Waals surface area contributed by atoms with Crippen molar-refractivity contribution in [3.05, 3.63) is 35.1 Å². The van der Waals surface area contributed by atoms with Crippen molar-refractivity contribution in [2.75, 3.05) is 13.2 Å². The van der Waals surface area contributed by atoms with E-state index in [0.29, 0.717) is 25.0 Å². The fourth-order valence-electron chi connectivity index (χ4n) is 3.80. The molecule has 1 aromatic carbocycles. The molecule has 8 heteroatoms. The van der Waals surface area contributed by atoms with E-state index < -0.39 is 35.5 Å².